The monoisotopic (exact) mass is 191 g/mol. The van der Waals surface area contributed by atoms with Crippen LogP contribution < -0.4 is 16.2 Å². The van der Waals surface area contributed by atoms with Gasteiger partial charge in [-0.05, 0) is 17.7 Å². The molecule has 0 aromatic heterocycles. The molecule has 1 unspecified atom stereocenters. The maximum absolute atomic E-state index is 8.55. The molecule has 14 heavy (non-hydrogen) atoms. The molecule has 4 N–H and O–H groups in total. The van der Waals surface area contributed by atoms with Crippen molar-refractivity contribution in [2.24, 2.45) is 5.73 Å². The van der Waals surface area contributed by atoms with Crippen molar-refractivity contribution in [2.45, 2.75) is 12.5 Å². The summed E-state index contributed by atoms with van der Waals surface area (Å²) in [4.78, 5) is 0. The van der Waals surface area contributed by atoms with Gasteiger partial charge in [-0.1, -0.05) is 6.07 Å². The van der Waals surface area contributed by atoms with E-state index in [1.54, 1.807) is 19.2 Å². The number of nitrogen functional groups attached to an aromatic ring is 1. The highest BCUT2D eigenvalue weighted by Gasteiger charge is 2.05. The number of anilines is 1. The van der Waals surface area contributed by atoms with Gasteiger partial charge in [0.15, 0.2) is 0 Å². The molecular formula is C10H13N3O. The van der Waals surface area contributed by atoms with Crippen LogP contribution in [-0.2, 0) is 6.42 Å². The van der Waals surface area contributed by atoms with E-state index in [0.29, 0.717) is 17.9 Å². The van der Waals surface area contributed by atoms with Gasteiger partial charge in [-0.3, -0.25) is 0 Å². The normalized spacial score (nSPS) is 11.8. The maximum Gasteiger partial charge on any atom is 0.142 e. The molecule has 0 fully saturated rings. The molecule has 0 radical (unpaired) electrons. The highest BCUT2D eigenvalue weighted by molar-refractivity contribution is 5.54. The molecule has 1 aromatic carbocycles. The lowest BCUT2D eigenvalue weighted by atomic mass is 10.1. The molecule has 1 atom stereocenters. The minimum absolute atomic E-state index is 0.483. The van der Waals surface area contributed by atoms with Crippen molar-refractivity contribution < 1.29 is 4.74 Å². The summed E-state index contributed by atoms with van der Waals surface area (Å²) in [6.07, 6.45) is 0.507. The summed E-state index contributed by atoms with van der Waals surface area (Å²) in [6.45, 7) is 0. The van der Waals surface area contributed by atoms with Crippen molar-refractivity contribution in [3.05, 3.63) is 23.8 Å². The Labute approximate surface area is 83.1 Å². The molecule has 74 valence electrons. The fourth-order valence-electron chi connectivity index (χ4n) is 1.18. The maximum atomic E-state index is 8.55. The molecule has 0 bridgehead atoms. The zero-order chi connectivity index (χ0) is 10.6. The third-order valence-electron chi connectivity index (χ3n) is 1.92. The van der Waals surface area contributed by atoms with Gasteiger partial charge in [0.25, 0.3) is 0 Å². The van der Waals surface area contributed by atoms with Crippen molar-refractivity contribution in [1.29, 1.82) is 5.26 Å². The summed E-state index contributed by atoms with van der Waals surface area (Å²) in [5.74, 6) is 0.618. The van der Waals surface area contributed by atoms with Crippen molar-refractivity contribution in [1.82, 2.24) is 0 Å². The van der Waals surface area contributed by atoms with E-state index in [1.807, 2.05) is 12.1 Å². The van der Waals surface area contributed by atoms with Crippen LogP contribution in [0.25, 0.3) is 0 Å². The van der Waals surface area contributed by atoms with Crippen LogP contribution in [0.4, 0.5) is 5.69 Å². The van der Waals surface area contributed by atoms with E-state index in [1.165, 1.54) is 0 Å². The predicted octanol–water partition coefficient (Wildman–Crippen LogP) is 0.671. The number of hydrogen-bond donors (Lipinski definition) is 2. The molecule has 0 aliphatic heterocycles. The second-order valence-electron chi connectivity index (χ2n) is 3.02. The van der Waals surface area contributed by atoms with Crippen LogP contribution in [-0.4, -0.2) is 13.2 Å². The zero-order valence-corrected chi connectivity index (χ0v) is 8.03. The number of rotatable bonds is 3. The Balaban J connectivity index is 2.85. The number of nitrogens with zero attached hydrogens (tertiary/aromatic N) is 1. The molecule has 4 heteroatoms. The van der Waals surface area contributed by atoms with Crippen LogP contribution in [0, 0.1) is 11.3 Å². The summed E-state index contributed by atoms with van der Waals surface area (Å²) in [7, 11) is 1.56. The summed E-state index contributed by atoms with van der Waals surface area (Å²) in [5.41, 5.74) is 12.7. The van der Waals surface area contributed by atoms with Crippen molar-refractivity contribution in [2.75, 3.05) is 12.8 Å². The van der Waals surface area contributed by atoms with Gasteiger partial charge >= 0.3 is 0 Å². The Kier molecular flexibility index (Phi) is 3.32. The molecule has 0 amide bonds. The fourth-order valence-corrected chi connectivity index (χ4v) is 1.18. The van der Waals surface area contributed by atoms with E-state index in [0.717, 1.165) is 5.56 Å². The lowest BCUT2D eigenvalue weighted by molar-refractivity contribution is 0.416. The van der Waals surface area contributed by atoms with Crippen LogP contribution in [0.5, 0.6) is 5.75 Å². The molecule has 0 aliphatic rings. The predicted molar refractivity (Wildman–Crippen MR) is 54.7 cm³/mol. The third kappa shape index (κ3) is 2.38. The molecule has 1 aromatic rings. The highest BCUT2D eigenvalue weighted by atomic mass is 16.5. The summed E-state index contributed by atoms with van der Waals surface area (Å²) in [5, 5.41) is 8.55. The second-order valence-corrected chi connectivity index (χ2v) is 3.02. The molecule has 0 heterocycles. The summed E-state index contributed by atoms with van der Waals surface area (Å²) >= 11 is 0. The first-order chi connectivity index (χ1) is 6.67. The molecule has 0 spiro atoms. The molecular weight excluding hydrogens is 178 g/mol. The fraction of sp³-hybridized carbons (Fsp3) is 0.300. The standard InChI is InChI=1S/C10H13N3O/c1-14-10-5-7(2-3-9(10)13)4-8(12)6-11/h2-3,5,8H,4,12-13H2,1H3. The lowest BCUT2D eigenvalue weighted by Gasteiger charge is -2.07. The quantitative estimate of drug-likeness (QED) is 0.687. The number of benzene rings is 1. The number of ether oxygens (including phenoxy) is 1. The van der Waals surface area contributed by atoms with Crippen LogP contribution in [0.15, 0.2) is 18.2 Å². The van der Waals surface area contributed by atoms with Crippen molar-refractivity contribution in [3.8, 4) is 11.8 Å². The average Bonchev–Trinajstić information content (AvgIpc) is 2.20. The molecule has 1 rings (SSSR count). The van der Waals surface area contributed by atoms with Crippen LogP contribution in [0.1, 0.15) is 5.56 Å². The number of methoxy groups -OCH3 is 1. The number of hydrogen-bond acceptors (Lipinski definition) is 4. The van der Waals surface area contributed by atoms with E-state index in [9.17, 15) is 0 Å². The van der Waals surface area contributed by atoms with Gasteiger partial charge in [0.2, 0.25) is 0 Å². The van der Waals surface area contributed by atoms with Crippen LogP contribution >= 0.6 is 0 Å². The topological polar surface area (TPSA) is 85.1 Å². The van der Waals surface area contributed by atoms with Crippen LogP contribution in [0.3, 0.4) is 0 Å². The Hall–Kier alpha value is -1.73. The first-order valence-corrected chi connectivity index (χ1v) is 4.25. The summed E-state index contributed by atoms with van der Waals surface area (Å²) < 4.78 is 5.05. The average molecular weight is 191 g/mol. The first kappa shape index (κ1) is 10.4. The second kappa shape index (κ2) is 4.49. The molecule has 0 aliphatic carbocycles. The van der Waals surface area contributed by atoms with Gasteiger partial charge in [-0.15, -0.1) is 0 Å². The zero-order valence-electron chi connectivity index (χ0n) is 8.03. The number of nitrogens with two attached hydrogens (primary N) is 2. The van der Waals surface area contributed by atoms with Gasteiger partial charge < -0.3 is 16.2 Å². The SMILES string of the molecule is COc1cc(CC(N)C#N)ccc1N. The van der Waals surface area contributed by atoms with Crippen LogP contribution in [0.2, 0.25) is 0 Å². The highest BCUT2D eigenvalue weighted by Crippen LogP contribution is 2.22. The lowest BCUT2D eigenvalue weighted by Crippen LogP contribution is -2.20. The van der Waals surface area contributed by atoms with Gasteiger partial charge in [0, 0.05) is 6.42 Å². The van der Waals surface area contributed by atoms with Gasteiger partial charge in [-0.25, -0.2) is 0 Å². The van der Waals surface area contributed by atoms with Gasteiger partial charge in [-0.2, -0.15) is 5.26 Å². The van der Waals surface area contributed by atoms with E-state index in [2.05, 4.69) is 0 Å². The Bertz CT molecular complexity index is 357. The Morgan fingerprint density at radius 3 is 2.86 bits per heavy atom. The van der Waals surface area contributed by atoms with E-state index in [4.69, 9.17) is 21.5 Å². The minimum atomic E-state index is -0.483. The van der Waals surface area contributed by atoms with Gasteiger partial charge in [0.05, 0.1) is 24.9 Å². The number of nitriles is 1. The smallest absolute Gasteiger partial charge is 0.142 e. The van der Waals surface area contributed by atoms with Gasteiger partial charge in [0.1, 0.15) is 5.75 Å². The van der Waals surface area contributed by atoms with Crippen molar-refractivity contribution >= 4 is 5.69 Å². The summed E-state index contributed by atoms with van der Waals surface area (Å²) in [6, 6.07) is 6.88. The Morgan fingerprint density at radius 2 is 2.29 bits per heavy atom. The molecule has 0 saturated heterocycles. The minimum Gasteiger partial charge on any atom is -0.495 e. The van der Waals surface area contributed by atoms with E-state index >= 15 is 0 Å². The molecule has 4 nitrogen and oxygen atoms in total. The first-order valence-electron chi connectivity index (χ1n) is 4.25. The molecule has 0 saturated carbocycles. The third-order valence-corrected chi connectivity index (χ3v) is 1.92. The van der Waals surface area contributed by atoms with E-state index in [-0.39, 0.29) is 0 Å². The Morgan fingerprint density at radius 1 is 1.57 bits per heavy atom. The van der Waals surface area contributed by atoms with Crippen molar-refractivity contribution in [3.63, 3.8) is 0 Å². The van der Waals surface area contributed by atoms with E-state index < -0.39 is 6.04 Å². The largest absolute Gasteiger partial charge is 0.495 e.